The van der Waals surface area contributed by atoms with Gasteiger partial charge in [0.15, 0.2) is 0 Å². The average molecular weight is 449 g/mol. The summed E-state index contributed by atoms with van der Waals surface area (Å²) in [5, 5.41) is 0. The van der Waals surface area contributed by atoms with Gasteiger partial charge in [0.25, 0.3) is 5.91 Å². The van der Waals surface area contributed by atoms with Gasteiger partial charge in [-0.25, -0.2) is 8.42 Å². The highest BCUT2D eigenvalue weighted by Crippen LogP contribution is 2.26. The Morgan fingerprint density at radius 2 is 1.71 bits per heavy atom. The zero-order valence-corrected chi connectivity index (χ0v) is 19.7. The maximum Gasteiger partial charge on any atom is 0.257 e. The fourth-order valence-electron chi connectivity index (χ4n) is 3.24. The van der Waals surface area contributed by atoms with Crippen LogP contribution in [-0.4, -0.2) is 63.9 Å². The number of para-hydroxylation sites is 1. The third-order valence-corrected chi connectivity index (χ3v) is 7.13. The quantitative estimate of drug-likeness (QED) is 0.491. The number of hydrogen-bond acceptors (Lipinski definition) is 5. The first kappa shape index (κ1) is 24.7. The van der Waals surface area contributed by atoms with Gasteiger partial charge in [-0.05, 0) is 43.2 Å². The zero-order chi connectivity index (χ0) is 23.0. The van der Waals surface area contributed by atoms with E-state index in [-0.39, 0.29) is 16.4 Å². The van der Waals surface area contributed by atoms with Gasteiger partial charge in [0.05, 0.1) is 24.2 Å². The summed E-state index contributed by atoms with van der Waals surface area (Å²) in [6, 6.07) is 12.2. The van der Waals surface area contributed by atoms with Crippen LogP contribution < -0.4 is 9.47 Å². The number of ether oxygens (including phenoxy) is 2. The van der Waals surface area contributed by atoms with Gasteiger partial charge in [-0.3, -0.25) is 4.79 Å². The molecule has 0 aliphatic heterocycles. The molecule has 0 fully saturated rings. The summed E-state index contributed by atoms with van der Waals surface area (Å²) in [7, 11) is -0.536. The van der Waals surface area contributed by atoms with Crippen LogP contribution in [-0.2, 0) is 10.0 Å². The normalized spacial score (nSPS) is 11.4. The van der Waals surface area contributed by atoms with Gasteiger partial charge in [-0.15, -0.1) is 0 Å². The van der Waals surface area contributed by atoms with E-state index in [1.54, 1.807) is 25.8 Å². The summed E-state index contributed by atoms with van der Waals surface area (Å²) in [5.41, 5.74) is 1.28. The minimum atomic E-state index is -3.68. The number of carbonyl (C=O) groups excluding carboxylic acids is 1. The minimum Gasteiger partial charge on any atom is -0.496 e. The van der Waals surface area contributed by atoms with E-state index in [0.717, 1.165) is 11.3 Å². The Morgan fingerprint density at radius 3 is 2.32 bits per heavy atom. The van der Waals surface area contributed by atoms with Crippen LogP contribution in [0.2, 0.25) is 0 Å². The monoisotopic (exact) mass is 448 g/mol. The van der Waals surface area contributed by atoms with Gasteiger partial charge >= 0.3 is 0 Å². The lowest BCUT2D eigenvalue weighted by Crippen LogP contribution is -2.32. The molecule has 2 aromatic carbocycles. The predicted octanol–water partition coefficient (Wildman–Crippen LogP) is 3.58. The molecule has 0 saturated carbocycles. The molecule has 0 N–H and O–H groups in total. The number of carbonyl (C=O) groups is 1. The summed E-state index contributed by atoms with van der Waals surface area (Å²) in [6.07, 6.45) is 0.635. The second-order valence-corrected chi connectivity index (χ2v) is 9.08. The molecule has 0 saturated heterocycles. The number of hydrogen-bond donors (Lipinski definition) is 0. The van der Waals surface area contributed by atoms with Gasteiger partial charge < -0.3 is 14.4 Å². The van der Waals surface area contributed by atoms with Gasteiger partial charge in [0.1, 0.15) is 11.5 Å². The van der Waals surface area contributed by atoms with Crippen LogP contribution in [0.3, 0.4) is 0 Å². The van der Waals surface area contributed by atoms with Gasteiger partial charge in [-0.1, -0.05) is 32.0 Å². The number of nitrogens with zero attached hydrogens (tertiary/aromatic N) is 2. The third kappa shape index (κ3) is 5.98. The summed E-state index contributed by atoms with van der Waals surface area (Å²) in [5.74, 6) is 0.864. The maximum absolute atomic E-state index is 13.0. The molecule has 0 unspecified atom stereocenters. The number of rotatable bonds is 11. The van der Waals surface area contributed by atoms with Crippen LogP contribution in [0.25, 0.3) is 0 Å². The van der Waals surface area contributed by atoms with Crippen LogP contribution in [0.4, 0.5) is 0 Å². The topological polar surface area (TPSA) is 76.2 Å². The number of aryl methyl sites for hydroxylation is 1. The Labute approximate surface area is 185 Å². The van der Waals surface area contributed by atoms with E-state index < -0.39 is 10.0 Å². The van der Waals surface area contributed by atoms with Crippen molar-refractivity contribution in [2.75, 3.05) is 40.4 Å². The predicted molar refractivity (Wildman–Crippen MR) is 121 cm³/mol. The molecule has 8 heteroatoms. The third-order valence-electron chi connectivity index (χ3n) is 5.08. The molecule has 1 amide bonds. The van der Waals surface area contributed by atoms with Crippen LogP contribution in [0.5, 0.6) is 11.5 Å². The highest BCUT2D eigenvalue weighted by Gasteiger charge is 2.25. The Kier molecular flexibility index (Phi) is 8.88. The Hall–Kier alpha value is -2.58. The molecule has 2 rings (SSSR count). The lowest BCUT2D eigenvalue weighted by atomic mass is 10.1. The lowest BCUT2D eigenvalue weighted by Gasteiger charge is -2.21. The van der Waals surface area contributed by atoms with Crippen molar-refractivity contribution >= 4 is 15.9 Å². The van der Waals surface area contributed by atoms with Crippen molar-refractivity contribution < 1.29 is 22.7 Å². The van der Waals surface area contributed by atoms with Crippen molar-refractivity contribution in [2.24, 2.45) is 0 Å². The smallest absolute Gasteiger partial charge is 0.257 e. The van der Waals surface area contributed by atoms with Gasteiger partial charge in [0.2, 0.25) is 10.0 Å². The first-order chi connectivity index (χ1) is 14.8. The number of benzene rings is 2. The molecule has 0 aliphatic carbocycles. The van der Waals surface area contributed by atoms with E-state index in [9.17, 15) is 13.2 Å². The molecule has 0 bridgehead atoms. The van der Waals surface area contributed by atoms with Crippen molar-refractivity contribution in [2.45, 2.75) is 32.1 Å². The first-order valence-corrected chi connectivity index (χ1v) is 11.8. The number of sulfonamides is 1. The fourth-order valence-corrected chi connectivity index (χ4v) is 4.72. The summed E-state index contributed by atoms with van der Waals surface area (Å²) in [4.78, 5) is 14.7. The average Bonchev–Trinajstić information content (AvgIpc) is 2.77. The molecule has 0 heterocycles. The second-order valence-electron chi connectivity index (χ2n) is 7.15. The molecule has 0 aliphatic rings. The standard InChI is InChI=1S/C23H32N2O5S/c1-6-25(7-2)31(27,28)19-13-14-22(29-5)20(17-19)23(26)24(4)15-10-16-30-21-12-9-8-11-18(21)3/h8-9,11-14,17H,6-7,10,15-16H2,1-5H3. The molecule has 0 spiro atoms. The first-order valence-electron chi connectivity index (χ1n) is 10.4. The van der Waals surface area contributed by atoms with E-state index in [1.807, 2.05) is 31.2 Å². The molecular weight excluding hydrogens is 416 g/mol. The van der Waals surface area contributed by atoms with Gasteiger partial charge in [-0.2, -0.15) is 4.31 Å². The van der Waals surface area contributed by atoms with Crippen LogP contribution in [0.1, 0.15) is 36.2 Å². The SMILES string of the molecule is CCN(CC)S(=O)(=O)c1ccc(OC)c(C(=O)N(C)CCCOc2ccccc2C)c1. The lowest BCUT2D eigenvalue weighted by molar-refractivity contribution is 0.0784. The van der Waals surface area contributed by atoms with Crippen LogP contribution in [0, 0.1) is 6.92 Å². The Bertz CT molecular complexity index is 987. The molecular formula is C23H32N2O5S. The molecule has 0 radical (unpaired) electrons. The Morgan fingerprint density at radius 1 is 1.03 bits per heavy atom. The van der Waals surface area contributed by atoms with Crippen molar-refractivity contribution in [3.63, 3.8) is 0 Å². The molecule has 170 valence electrons. The Balaban J connectivity index is 2.11. The molecule has 31 heavy (non-hydrogen) atoms. The van der Waals surface area contributed by atoms with Crippen LogP contribution >= 0.6 is 0 Å². The highest BCUT2D eigenvalue weighted by atomic mass is 32.2. The summed E-state index contributed by atoms with van der Waals surface area (Å²) < 4.78 is 38.2. The molecule has 0 aromatic heterocycles. The summed E-state index contributed by atoms with van der Waals surface area (Å²) >= 11 is 0. The highest BCUT2D eigenvalue weighted by molar-refractivity contribution is 7.89. The maximum atomic E-state index is 13.0. The van der Waals surface area contributed by atoms with Crippen molar-refractivity contribution in [1.82, 2.24) is 9.21 Å². The van der Waals surface area contributed by atoms with E-state index in [2.05, 4.69) is 0 Å². The number of amides is 1. The largest absolute Gasteiger partial charge is 0.496 e. The molecule has 7 nitrogen and oxygen atoms in total. The summed E-state index contributed by atoms with van der Waals surface area (Å²) in [6.45, 7) is 7.18. The number of methoxy groups -OCH3 is 1. The zero-order valence-electron chi connectivity index (χ0n) is 18.9. The minimum absolute atomic E-state index is 0.0802. The van der Waals surface area contributed by atoms with Gasteiger partial charge in [0, 0.05) is 26.7 Å². The van der Waals surface area contributed by atoms with E-state index in [4.69, 9.17) is 9.47 Å². The van der Waals surface area contributed by atoms with E-state index >= 15 is 0 Å². The van der Waals surface area contributed by atoms with E-state index in [0.29, 0.717) is 38.4 Å². The molecule has 0 atom stereocenters. The van der Waals surface area contributed by atoms with Crippen molar-refractivity contribution in [3.05, 3.63) is 53.6 Å². The van der Waals surface area contributed by atoms with Crippen LogP contribution in [0.15, 0.2) is 47.4 Å². The fraction of sp³-hybridized carbons (Fsp3) is 0.435. The molecule has 2 aromatic rings. The van der Waals surface area contributed by atoms with E-state index in [1.165, 1.54) is 29.6 Å². The van der Waals surface area contributed by atoms with Crippen molar-refractivity contribution in [3.8, 4) is 11.5 Å². The second kappa shape index (κ2) is 11.2. The van der Waals surface area contributed by atoms with Crippen molar-refractivity contribution in [1.29, 1.82) is 0 Å².